The van der Waals surface area contributed by atoms with Crippen molar-refractivity contribution in [2.24, 2.45) is 35.5 Å². The Hall–Kier alpha value is -0.780. The van der Waals surface area contributed by atoms with E-state index >= 15 is 0 Å². The zero-order valence-electron chi connectivity index (χ0n) is 21.8. The largest absolute Gasteiger partial charge is 0.0651 e. The van der Waals surface area contributed by atoms with Crippen LogP contribution in [0.25, 0.3) is 0 Å². The summed E-state index contributed by atoms with van der Waals surface area (Å²) in [7, 11) is 0. The first-order valence-electron chi connectivity index (χ1n) is 14.7. The molecule has 2 atom stereocenters. The summed E-state index contributed by atoms with van der Waals surface area (Å²) in [5, 5.41) is 0. The fourth-order valence-electron chi connectivity index (χ4n) is 7.93. The predicted molar refractivity (Wildman–Crippen MR) is 140 cm³/mol. The molecular formula is C32H52. The molecule has 0 amide bonds. The lowest BCUT2D eigenvalue weighted by molar-refractivity contribution is 0.119. The van der Waals surface area contributed by atoms with E-state index in [9.17, 15) is 0 Å². The minimum atomic E-state index is 0.733. The van der Waals surface area contributed by atoms with E-state index < -0.39 is 0 Å². The maximum atomic E-state index is 2.61. The molecule has 0 heteroatoms. The normalized spacial score (nSPS) is 35.9. The second-order valence-corrected chi connectivity index (χ2v) is 12.3. The Morgan fingerprint density at radius 3 is 1.53 bits per heavy atom. The van der Waals surface area contributed by atoms with Crippen molar-refractivity contribution in [3.8, 4) is 0 Å². The Labute approximate surface area is 200 Å². The topological polar surface area (TPSA) is 0 Å². The van der Waals surface area contributed by atoms with Crippen molar-refractivity contribution in [1.29, 1.82) is 0 Å². The molecule has 3 aliphatic carbocycles. The van der Waals surface area contributed by atoms with Gasteiger partial charge in [0.15, 0.2) is 0 Å². The predicted octanol–water partition coefficient (Wildman–Crippen LogP) is 10.1. The monoisotopic (exact) mass is 436 g/mol. The second-order valence-electron chi connectivity index (χ2n) is 12.3. The molecule has 0 radical (unpaired) electrons. The third-order valence-corrected chi connectivity index (χ3v) is 10.8. The molecule has 0 aromatic heterocycles. The van der Waals surface area contributed by atoms with E-state index in [0.717, 1.165) is 47.3 Å². The summed E-state index contributed by atoms with van der Waals surface area (Å²) in [5.41, 5.74) is 3.22. The third kappa shape index (κ3) is 5.82. The van der Waals surface area contributed by atoms with Crippen LogP contribution in [0.3, 0.4) is 0 Å². The van der Waals surface area contributed by atoms with E-state index in [4.69, 9.17) is 0 Å². The number of hydrogen-bond donors (Lipinski definition) is 0. The van der Waals surface area contributed by atoms with Gasteiger partial charge < -0.3 is 0 Å². The highest BCUT2D eigenvalue weighted by atomic mass is 14.4. The van der Waals surface area contributed by atoms with E-state index in [1.165, 1.54) is 89.9 Å². The van der Waals surface area contributed by atoms with E-state index in [1.54, 1.807) is 11.1 Å². The van der Waals surface area contributed by atoms with Gasteiger partial charge in [-0.1, -0.05) is 77.6 Å². The lowest BCUT2D eigenvalue weighted by atomic mass is 9.65. The molecule has 2 unspecified atom stereocenters. The first-order chi connectivity index (χ1) is 15.6. The SMILES string of the molecule is CCC1CCC(c2ccc(C(C)C3CCC(C(C)C4CCC(CC)CC4)CC3)cc2)CC1. The first-order valence-corrected chi connectivity index (χ1v) is 14.7. The quantitative estimate of drug-likeness (QED) is 0.399. The van der Waals surface area contributed by atoms with Crippen molar-refractivity contribution in [3.63, 3.8) is 0 Å². The molecule has 0 nitrogen and oxygen atoms in total. The molecule has 0 aliphatic heterocycles. The zero-order valence-corrected chi connectivity index (χ0v) is 21.8. The van der Waals surface area contributed by atoms with Crippen LogP contribution in [-0.4, -0.2) is 0 Å². The lowest BCUT2D eigenvalue weighted by Gasteiger charge is -2.40. The van der Waals surface area contributed by atoms with Gasteiger partial charge in [-0.15, -0.1) is 0 Å². The number of hydrogen-bond acceptors (Lipinski definition) is 0. The van der Waals surface area contributed by atoms with Gasteiger partial charge in [-0.05, 0) is 123 Å². The third-order valence-electron chi connectivity index (χ3n) is 10.8. The average molecular weight is 437 g/mol. The molecule has 4 rings (SSSR count). The first kappa shape index (κ1) is 24.3. The molecule has 0 heterocycles. The van der Waals surface area contributed by atoms with Crippen LogP contribution < -0.4 is 0 Å². The lowest BCUT2D eigenvalue weighted by Crippen LogP contribution is -2.29. The fraction of sp³-hybridized carbons (Fsp3) is 0.812. The van der Waals surface area contributed by atoms with Crippen LogP contribution in [0.15, 0.2) is 24.3 Å². The van der Waals surface area contributed by atoms with Gasteiger partial charge in [0.1, 0.15) is 0 Å². The number of rotatable bonds is 7. The van der Waals surface area contributed by atoms with Crippen molar-refractivity contribution >= 4 is 0 Å². The Morgan fingerprint density at radius 2 is 1.03 bits per heavy atom. The van der Waals surface area contributed by atoms with Crippen LogP contribution >= 0.6 is 0 Å². The van der Waals surface area contributed by atoms with Crippen molar-refractivity contribution in [3.05, 3.63) is 35.4 Å². The Morgan fingerprint density at radius 1 is 0.594 bits per heavy atom. The standard InChI is InChI=1S/C32H52/c1-5-25-7-11-27(12-8-25)23(3)28-15-17-29(18-16-28)24(4)30-19-21-32(22-20-30)31-13-9-26(6-2)10-14-31/h19-29,31H,5-18H2,1-4H3. The van der Waals surface area contributed by atoms with Crippen molar-refractivity contribution in [2.45, 2.75) is 129 Å². The van der Waals surface area contributed by atoms with Gasteiger partial charge in [-0.25, -0.2) is 0 Å². The molecule has 3 aliphatic rings. The number of benzene rings is 1. The van der Waals surface area contributed by atoms with Gasteiger partial charge in [-0.3, -0.25) is 0 Å². The summed E-state index contributed by atoms with van der Waals surface area (Å²) in [6.07, 6.45) is 20.5. The van der Waals surface area contributed by atoms with Gasteiger partial charge in [-0.2, -0.15) is 0 Å². The summed E-state index contributed by atoms with van der Waals surface area (Å²) in [5.74, 6) is 7.48. The summed E-state index contributed by atoms with van der Waals surface area (Å²) in [6, 6.07) is 9.96. The molecule has 180 valence electrons. The van der Waals surface area contributed by atoms with Crippen LogP contribution in [0.1, 0.15) is 141 Å². The van der Waals surface area contributed by atoms with Gasteiger partial charge in [0, 0.05) is 0 Å². The van der Waals surface area contributed by atoms with Crippen LogP contribution in [0.5, 0.6) is 0 Å². The highest BCUT2D eigenvalue weighted by Gasteiger charge is 2.33. The summed E-state index contributed by atoms with van der Waals surface area (Å²) in [6.45, 7) is 9.88. The Bertz CT molecular complexity index is 648. The maximum Gasteiger partial charge on any atom is -0.0162 e. The van der Waals surface area contributed by atoms with Crippen LogP contribution in [0.4, 0.5) is 0 Å². The highest BCUT2D eigenvalue weighted by molar-refractivity contribution is 5.28. The van der Waals surface area contributed by atoms with Crippen LogP contribution in [-0.2, 0) is 0 Å². The summed E-state index contributed by atoms with van der Waals surface area (Å²) >= 11 is 0. The van der Waals surface area contributed by atoms with Crippen LogP contribution in [0.2, 0.25) is 0 Å². The smallest absolute Gasteiger partial charge is 0.0162 e. The average Bonchev–Trinajstić information content (AvgIpc) is 2.88. The minimum Gasteiger partial charge on any atom is -0.0651 e. The molecule has 3 fully saturated rings. The molecular weight excluding hydrogens is 384 g/mol. The van der Waals surface area contributed by atoms with E-state index in [-0.39, 0.29) is 0 Å². The Balaban J connectivity index is 1.25. The molecule has 0 bridgehead atoms. The van der Waals surface area contributed by atoms with Crippen molar-refractivity contribution < 1.29 is 0 Å². The van der Waals surface area contributed by atoms with E-state index in [0.29, 0.717) is 0 Å². The molecule has 0 N–H and O–H groups in total. The highest BCUT2D eigenvalue weighted by Crippen LogP contribution is 2.45. The van der Waals surface area contributed by atoms with Crippen molar-refractivity contribution in [2.75, 3.05) is 0 Å². The maximum absolute atomic E-state index is 2.61. The van der Waals surface area contributed by atoms with E-state index in [1.807, 2.05) is 0 Å². The van der Waals surface area contributed by atoms with Gasteiger partial charge in [0.05, 0.1) is 0 Å². The molecule has 1 aromatic carbocycles. The fourth-order valence-corrected chi connectivity index (χ4v) is 7.93. The van der Waals surface area contributed by atoms with Crippen molar-refractivity contribution in [1.82, 2.24) is 0 Å². The Kier molecular flexibility index (Phi) is 8.80. The second kappa shape index (κ2) is 11.6. The molecule has 3 saturated carbocycles. The van der Waals surface area contributed by atoms with E-state index in [2.05, 4.69) is 52.0 Å². The van der Waals surface area contributed by atoms with Gasteiger partial charge in [0.25, 0.3) is 0 Å². The molecule has 0 spiro atoms. The molecule has 1 aromatic rings. The van der Waals surface area contributed by atoms with Gasteiger partial charge >= 0.3 is 0 Å². The minimum absolute atomic E-state index is 0.733. The van der Waals surface area contributed by atoms with Crippen LogP contribution in [0, 0.1) is 35.5 Å². The summed E-state index contributed by atoms with van der Waals surface area (Å²) in [4.78, 5) is 0. The molecule has 0 saturated heterocycles. The zero-order chi connectivity index (χ0) is 22.5. The summed E-state index contributed by atoms with van der Waals surface area (Å²) < 4.78 is 0. The molecule has 32 heavy (non-hydrogen) atoms. The van der Waals surface area contributed by atoms with Gasteiger partial charge in [0.2, 0.25) is 0 Å².